The third-order valence-corrected chi connectivity index (χ3v) is 6.29. The number of nitrogens with two attached hydrogens (primary N) is 1. The molecule has 1 saturated heterocycles. The quantitative estimate of drug-likeness (QED) is 0.866. The SMILES string of the molecule is Cc1cc2c(n1C1CCS(=O)CC1)CC(C)(C)CC2N. The average molecular weight is 294 g/mol. The molecular weight excluding hydrogens is 268 g/mol. The van der Waals surface area contributed by atoms with Gasteiger partial charge < -0.3 is 10.3 Å². The first kappa shape index (κ1) is 14.3. The summed E-state index contributed by atoms with van der Waals surface area (Å²) < 4.78 is 14.1. The molecule has 1 atom stereocenters. The number of hydrogen-bond acceptors (Lipinski definition) is 2. The predicted molar refractivity (Wildman–Crippen MR) is 84.3 cm³/mol. The zero-order chi connectivity index (χ0) is 14.5. The number of nitrogens with zero attached hydrogens (tertiary/aromatic N) is 1. The predicted octanol–water partition coefficient (Wildman–Crippen LogP) is 2.85. The van der Waals surface area contributed by atoms with Crippen LogP contribution in [0.5, 0.6) is 0 Å². The van der Waals surface area contributed by atoms with E-state index in [1.807, 2.05) is 0 Å². The molecule has 2 heterocycles. The van der Waals surface area contributed by atoms with Crippen molar-refractivity contribution in [3.8, 4) is 0 Å². The third-order valence-electron chi connectivity index (χ3n) is 4.91. The van der Waals surface area contributed by atoms with E-state index in [2.05, 4.69) is 31.4 Å². The molecule has 0 radical (unpaired) electrons. The normalized spacial score (nSPS) is 32.9. The molecule has 0 aromatic carbocycles. The lowest BCUT2D eigenvalue weighted by atomic mass is 9.74. The molecule has 1 fully saturated rings. The minimum atomic E-state index is -0.591. The second kappa shape index (κ2) is 4.99. The highest BCUT2D eigenvalue weighted by Gasteiger charge is 2.35. The van der Waals surface area contributed by atoms with E-state index in [1.54, 1.807) is 0 Å². The van der Waals surface area contributed by atoms with Crippen molar-refractivity contribution in [2.75, 3.05) is 11.5 Å². The Morgan fingerprint density at radius 2 is 2.00 bits per heavy atom. The summed E-state index contributed by atoms with van der Waals surface area (Å²) in [7, 11) is -0.591. The first-order valence-corrected chi connectivity index (χ1v) is 9.17. The van der Waals surface area contributed by atoms with Crippen LogP contribution in [0.3, 0.4) is 0 Å². The van der Waals surface area contributed by atoms with Gasteiger partial charge in [-0.1, -0.05) is 13.8 Å². The number of hydrogen-bond donors (Lipinski definition) is 1. The van der Waals surface area contributed by atoms with Crippen molar-refractivity contribution < 1.29 is 4.21 Å². The Labute approximate surface area is 124 Å². The van der Waals surface area contributed by atoms with Crippen LogP contribution < -0.4 is 5.73 Å². The largest absolute Gasteiger partial charge is 0.345 e. The fraction of sp³-hybridized carbons (Fsp3) is 0.750. The van der Waals surface area contributed by atoms with Crippen molar-refractivity contribution in [3.05, 3.63) is 23.0 Å². The van der Waals surface area contributed by atoms with Crippen molar-refractivity contribution in [1.29, 1.82) is 0 Å². The second-order valence-corrected chi connectivity index (χ2v) is 8.98. The molecule has 0 amide bonds. The molecule has 1 aromatic heterocycles. The molecule has 20 heavy (non-hydrogen) atoms. The number of rotatable bonds is 1. The van der Waals surface area contributed by atoms with Gasteiger partial charge in [-0.15, -0.1) is 0 Å². The van der Waals surface area contributed by atoms with Gasteiger partial charge in [0.15, 0.2) is 0 Å². The van der Waals surface area contributed by atoms with Crippen molar-refractivity contribution in [2.24, 2.45) is 11.1 Å². The van der Waals surface area contributed by atoms with E-state index in [4.69, 9.17) is 5.73 Å². The first-order chi connectivity index (χ1) is 9.37. The van der Waals surface area contributed by atoms with Crippen LogP contribution in [-0.2, 0) is 17.2 Å². The third kappa shape index (κ3) is 2.48. The molecule has 2 N–H and O–H groups in total. The van der Waals surface area contributed by atoms with Gasteiger partial charge >= 0.3 is 0 Å². The molecule has 1 unspecified atom stereocenters. The van der Waals surface area contributed by atoms with Gasteiger partial charge in [-0.05, 0) is 49.7 Å². The molecule has 1 aliphatic heterocycles. The number of aromatic nitrogens is 1. The van der Waals surface area contributed by atoms with Crippen LogP contribution in [0.25, 0.3) is 0 Å². The summed E-state index contributed by atoms with van der Waals surface area (Å²) in [6.07, 6.45) is 4.27. The molecule has 112 valence electrons. The minimum absolute atomic E-state index is 0.173. The highest BCUT2D eigenvalue weighted by atomic mass is 32.2. The number of fused-ring (bicyclic) bond motifs is 1. The summed E-state index contributed by atoms with van der Waals surface area (Å²) >= 11 is 0. The van der Waals surface area contributed by atoms with E-state index < -0.39 is 10.8 Å². The molecule has 3 nitrogen and oxygen atoms in total. The van der Waals surface area contributed by atoms with Crippen molar-refractivity contribution in [1.82, 2.24) is 4.57 Å². The van der Waals surface area contributed by atoms with Crippen LogP contribution >= 0.6 is 0 Å². The Balaban J connectivity index is 1.98. The molecule has 0 spiro atoms. The van der Waals surface area contributed by atoms with Crippen LogP contribution in [0.1, 0.15) is 62.1 Å². The smallest absolute Gasteiger partial charge is 0.0353 e. The molecular formula is C16H26N2OS. The highest BCUT2D eigenvalue weighted by molar-refractivity contribution is 7.85. The minimum Gasteiger partial charge on any atom is -0.345 e. The topological polar surface area (TPSA) is 48.0 Å². The molecule has 0 bridgehead atoms. The van der Waals surface area contributed by atoms with Gasteiger partial charge in [0.2, 0.25) is 0 Å². The van der Waals surface area contributed by atoms with E-state index in [1.165, 1.54) is 17.0 Å². The van der Waals surface area contributed by atoms with Crippen LogP contribution in [0.2, 0.25) is 0 Å². The standard InChI is InChI=1S/C16H26N2OS/c1-11-8-13-14(17)9-16(2,3)10-15(13)18(11)12-4-6-20(19)7-5-12/h8,12,14H,4-7,9-10,17H2,1-3H3. The molecule has 2 aliphatic rings. The summed E-state index contributed by atoms with van der Waals surface area (Å²) in [5.41, 5.74) is 10.8. The maximum Gasteiger partial charge on any atom is 0.0353 e. The Morgan fingerprint density at radius 3 is 2.65 bits per heavy atom. The van der Waals surface area contributed by atoms with Crippen LogP contribution in [0.4, 0.5) is 0 Å². The lowest BCUT2D eigenvalue weighted by Crippen LogP contribution is -2.32. The lowest BCUT2D eigenvalue weighted by Gasteiger charge is -2.36. The Kier molecular flexibility index (Phi) is 3.57. The molecule has 4 heteroatoms. The van der Waals surface area contributed by atoms with Gasteiger partial charge in [-0.25, -0.2) is 0 Å². The summed E-state index contributed by atoms with van der Waals surface area (Å²) in [6, 6.07) is 2.99. The van der Waals surface area contributed by atoms with Crippen molar-refractivity contribution in [3.63, 3.8) is 0 Å². The monoisotopic (exact) mass is 294 g/mol. The first-order valence-electron chi connectivity index (χ1n) is 7.68. The van der Waals surface area contributed by atoms with Crippen LogP contribution in [-0.4, -0.2) is 20.3 Å². The lowest BCUT2D eigenvalue weighted by molar-refractivity contribution is 0.269. The Hall–Kier alpha value is -0.610. The zero-order valence-electron chi connectivity index (χ0n) is 12.8. The van der Waals surface area contributed by atoms with E-state index in [0.717, 1.165) is 37.2 Å². The fourth-order valence-electron chi connectivity index (χ4n) is 4.02. The second-order valence-electron chi connectivity index (χ2n) is 7.29. The van der Waals surface area contributed by atoms with Gasteiger partial charge in [-0.3, -0.25) is 4.21 Å². The summed E-state index contributed by atoms with van der Waals surface area (Å²) in [5, 5.41) is 0. The van der Waals surface area contributed by atoms with Gasteiger partial charge in [0, 0.05) is 45.8 Å². The van der Waals surface area contributed by atoms with Crippen LogP contribution in [0, 0.1) is 12.3 Å². The Morgan fingerprint density at radius 1 is 1.35 bits per heavy atom. The summed E-state index contributed by atoms with van der Waals surface area (Å²) in [6.45, 7) is 6.83. The fourth-order valence-corrected chi connectivity index (χ4v) is 5.29. The average Bonchev–Trinajstić information content (AvgIpc) is 2.66. The highest BCUT2D eigenvalue weighted by Crippen LogP contribution is 2.42. The molecule has 0 saturated carbocycles. The van der Waals surface area contributed by atoms with E-state index in [-0.39, 0.29) is 11.5 Å². The van der Waals surface area contributed by atoms with Gasteiger partial charge in [0.25, 0.3) is 0 Å². The van der Waals surface area contributed by atoms with E-state index in [9.17, 15) is 4.21 Å². The zero-order valence-corrected chi connectivity index (χ0v) is 13.6. The summed E-state index contributed by atoms with van der Waals surface area (Å²) in [5.74, 6) is 1.71. The van der Waals surface area contributed by atoms with E-state index >= 15 is 0 Å². The Bertz CT molecular complexity index is 537. The van der Waals surface area contributed by atoms with Crippen molar-refractivity contribution >= 4 is 10.8 Å². The van der Waals surface area contributed by atoms with Crippen molar-refractivity contribution in [2.45, 2.75) is 58.5 Å². The molecule has 1 aromatic rings. The molecule has 1 aliphatic carbocycles. The molecule has 3 rings (SSSR count). The van der Waals surface area contributed by atoms with Gasteiger partial charge in [0.1, 0.15) is 0 Å². The van der Waals surface area contributed by atoms with E-state index in [0.29, 0.717) is 6.04 Å². The number of aryl methyl sites for hydroxylation is 1. The maximum atomic E-state index is 11.6. The summed E-state index contributed by atoms with van der Waals surface area (Å²) in [4.78, 5) is 0. The van der Waals surface area contributed by atoms with Gasteiger partial charge in [-0.2, -0.15) is 0 Å². The van der Waals surface area contributed by atoms with Gasteiger partial charge in [0.05, 0.1) is 0 Å². The maximum absolute atomic E-state index is 11.6. The van der Waals surface area contributed by atoms with Crippen LogP contribution in [0.15, 0.2) is 6.07 Å².